The first-order chi connectivity index (χ1) is 10.5. The van der Waals surface area contributed by atoms with E-state index in [0.717, 1.165) is 5.56 Å². The fraction of sp³-hybridized carbons (Fsp3) is 0.0667. The van der Waals surface area contributed by atoms with Crippen LogP contribution >= 0.6 is 23.2 Å². The van der Waals surface area contributed by atoms with Crippen molar-refractivity contribution in [2.24, 2.45) is 0 Å². The first-order valence-corrected chi connectivity index (χ1v) is 7.03. The number of hydrogen-bond acceptors (Lipinski definition) is 2. The fourth-order valence-electron chi connectivity index (χ4n) is 1.70. The molecular formula is C15H12Cl2N2O3. The van der Waals surface area contributed by atoms with E-state index in [0.29, 0.717) is 15.7 Å². The van der Waals surface area contributed by atoms with Crippen LogP contribution in [0.15, 0.2) is 42.5 Å². The summed E-state index contributed by atoms with van der Waals surface area (Å²) in [5.41, 5.74) is 1.51. The second kappa shape index (κ2) is 7.15. The van der Waals surface area contributed by atoms with Crippen molar-refractivity contribution in [3.63, 3.8) is 0 Å². The van der Waals surface area contributed by atoms with E-state index in [1.807, 2.05) is 0 Å². The zero-order valence-electron chi connectivity index (χ0n) is 11.3. The summed E-state index contributed by atoms with van der Waals surface area (Å²) < 4.78 is 0. The van der Waals surface area contributed by atoms with Gasteiger partial charge in [-0.1, -0.05) is 35.3 Å². The number of carbonyl (C=O) groups is 2. The number of carboxylic acid groups (broad SMARTS) is 1. The van der Waals surface area contributed by atoms with Crippen LogP contribution in [0.1, 0.15) is 15.9 Å². The smallest absolute Gasteiger partial charge is 0.335 e. The molecule has 0 saturated heterocycles. The van der Waals surface area contributed by atoms with Gasteiger partial charge in [-0.3, -0.25) is 0 Å². The lowest BCUT2D eigenvalue weighted by Crippen LogP contribution is -2.28. The summed E-state index contributed by atoms with van der Waals surface area (Å²) in [6.07, 6.45) is 0. The van der Waals surface area contributed by atoms with Crippen molar-refractivity contribution in [3.8, 4) is 0 Å². The molecule has 2 rings (SSSR count). The number of nitrogens with one attached hydrogen (secondary N) is 2. The van der Waals surface area contributed by atoms with Crippen LogP contribution in [0.5, 0.6) is 0 Å². The molecule has 0 fully saturated rings. The summed E-state index contributed by atoms with van der Waals surface area (Å²) >= 11 is 11.7. The molecule has 0 aliphatic heterocycles. The molecule has 0 aliphatic rings. The maximum atomic E-state index is 11.8. The zero-order valence-corrected chi connectivity index (χ0v) is 12.8. The molecule has 0 bridgehead atoms. The predicted octanol–water partition coefficient (Wildman–Crippen LogP) is 4.01. The van der Waals surface area contributed by atoms with Crippen molar-refractivity contribution in [1.29, 1.82) is 0 Å². The number of amides is 2. The monoisotopic (exact) mass is 338 g/mol. The van der Waals surface area contributed by atoms with Crippen molar-refractivity contribution in [2.75, 3.05) is 5.32 Å². The van der Waals surface area contributed by atoms with Gasteiger partial charge in [0.15, 0.2) is 0 Å². The van der Waals surface area contributed by atoms with Gasteiger partial charge in [0.05, 0.1) is 15.6 Å². The van der Waals surface area contributed by atoms with Gasteiger partial charge < -0.3 is 15.7 Å². The van der Waals surface area contributed by atoms with Gasteiger partial charge in [-0.2, -0.15) is 0 Å². The molecular weight excluding hydrogens is 327 g/mol. The van der Waals surface area contributed by atoms with Crippen LogP contribution < -0.4 is 10.6 Å². The van der Waals surface area contributed by atoms with Crippen molar-refractivity contribution < 1.29 is 14.7 Å². The lowest BCUT2D eigenvalue weighted by atomic mass is 10.1. The summed E-state index contributed by atoms with van der Waals surface area (Å²) in [4.78, 5) is 22.5. The van der Waals surface area contributed by atoms with Crippen molar-refractivity contribution in [2.45, 2.75) is 6.54 Å². The number of aromatic carboxylic acids is 1. The Morgan fingerprint density at radius 2 is 1.68 bits per heavy atom. The topological polar surface area (TPSA) is 78.4 Å². The Morgan fingerprint density at radius 3 is 2.27 bits per heavy atom. The van der Waals surface area contributed by atoms with Gasteiger partial charge >= 0.3 is 12.0 Å². The molecule has 2 aromatic rings. The zero-order chi connectivity index (χ0) is 16.1. The number of carbonyl (C=O) groups excluding carboxylic acids is 1. The molecule has 0 atom stereocenters. The maximum Gasteiger partial charge on any atom is 0.335 e. The first-order valence-electron chi connectivity index (χ1n) is 6.28. The summed E-state index contributed by atoms with van der Waals surface area (Å²) in [6.45, 7) is 0.271. The molecule has 5 nitrogen and oxygen atoms in total. The van der Waals surface area contributed by atoms with Crippen LogP contribution in [-0.2, 0) is 6.54 Å². The number of halogens is 2. The lowest BCUT2D eigenvalue weighted by molar-refractivity contribution is 0.0697. The molecule has 3 N–H and O–H groups in total. The molecule has 114 valence electrons. The maximum absolute atomic E-state index is 11.8. The highest BCUT2D eigenvalue weighted by Gasteiger charge is 2.05. The summed E-state index contributed by atoms with van der Waals surface area (Å²) in [6, 6.07) is 10.6. The number of hydrogen-bond donors (Lipinski definition) is 3. The largest absolute Gasteiger partial charge is 0.478 e. The van der Waals surface area contributed by atoms with Gasteiger partial charge in [0.1, 0.15) is 0 Å². The van der Waals surface area contributed by atoms with E-state index in [4.69, 9.17) is 28.3 Å². The highest BCUT2D eigenvalue weighted by Crippen LogP contribution is 2.24. The average molecular weight is 339 g/mol. The van der Waals surface area contributed by atoms with E-state index in [1.165, 1.54) is 12.1 Å². The van der Waals surface area contributed by atoms with Crippen LogP contribution in [0.25, 0.3) is 0 Å². The van der Waals surface area contributed by atoms with Crippen LogP contribution in [0.4, 0.5) is 10.5 Å². The van der Waals surface area contributed by atoms with Crippen molar-refractivity contribution in [1.82, 2.24) is 5.32 Å². The van der Waals surface area contributed by atoms with E-state index in [2.05, 4.69) is 10.6 Å². The molecule has 22 heavy (non-hydrogen) atoms. The van der Waals surface area contributed by atoms with Crippen LogP contribution in [-0.4, -0.2) is 17.1 Å². The summed E-state index contributed by atoms with van der Waals surface area (Å²) in [5.74, 6) is -0.989. The molecule has 0 heterocycles. The Labute approximate surface area is 136 Å². The standard InChI is InChI=1S/C15H12Cl2N2O3/c16-12-6-5-11(7-13(12)17)19-15(22)18-8-9-1-3-10(4-2-9)14(20)21/h1-7H,8H2,(H,20,21)(H2,18,19,22). The normalized spacial score (nSPS) is 10.1. The van der Waals surface area contributed by atoms with Gasteiger partial charge in [-0.05, 0) is 35.9 Å². The van der Waals surface area contributed by atoms with E-state index in [-0.39, 0.29) is 12.1 Å². The Morgan fingerprint density at radius 1 is 1.00 bits per heavy atom. The second-order valence-corrected chi connectivity index (χ2v) is 5.25. The molecule has 2 amide bonds. The third kappa shape index (κ3) is 4.38. The Balaban J connectivity index is 1.89. The SMILES string of the molecule is O=C(NCc1ccc(C(=O)O)cc1)Nc1ccc(Cl)c(Cl)c1. The molecule has 0 aliphatic carbocycles. The summed E-state index contributed by atoms with van der Waals surface area (Å²) in [7, 11) is 0. The summed E-state index contributed by atoms with van der Waals surface area (Å²) in [5, 5.41) is 14.8. The van der Waals surface area contributed by atoms with Crippen LogP contribution in [0, 0.1) is 0 Å². The average Bonchev–Trinajstić information content (AvgIpc) is 2.49. The number of anilines is 1. The number of urea groups is 1. The minimum Gasteiger partial charge on any atom is -0.478 e. The van der Waals surface area contributed by atoms with Gasteiger partial charge in [0.25, 0.3) is 0 Å². The molecule has 0 aromatic heterocycles. The van der Waals surface area contributed by atoms with Crippen LogP contribution in [0.3, 0.4) is 0 Å². The number of carboxylic acids is 1. The van der Waals surface area contributed by atoms with Gasteiger partial charge in [-0.15, -0.1) is 0 Å². The Hall–Kier alpha value is -2.24. The van der Waals surface area contributed by atoms with Crippen LogP contribution in [0.2, 0.25) is 10.0 Å². The predicted molar refractivity (Wildman–Crippen MR) is 85.7 cm³/mol. The number of benzene rings is 2. The van der Waals surface area contributed by atoms with E-state index in [9.17, 15) is 9.59 Å². The highest BCUT2D eigenvalue weighted by atomic mass is 35.5. The minimum absolute atomic E-state index is 0.198. The fourth-order valence-corrected chi connectivity index (χ4v) is 1.99. The molecule has 0 spiro atoms. The number of rotatable bonds is 4. The van der Waals surface area contributed by atoms with Gasteiger partial charge in [-0.25, -0.2) is 9.59 Å². The molecule has 2 aromatic carbocycles. The van der Waals surface area contributed by atoms with E-state index >= 15 is 0 Å². The van der Waals surface area contributed by atoms with Gasteiger partial charge in [0.2, 0.25) is 0 Å². The molecule has 7 heteroatoms. The quantitative estimate of drug-likeness (QED) is 0.787. The Bertz CT molecular complexity index is 702. The molecule has 0 unspecified atom stereocenters. The van der Waals surface area contributed by atoms with E-state index in [1.54, 1.807) is 30.3 Å². The van der Waals surface area contributed by atoms with Gasteiger partial charge in [0, 0.05) is 12.2 Å². The minimum atomic E-state index is -0.989. The first kappa shape index (κ1) is 16.1. The third-order valence-electron chi connectivity index (χ3n) is 2.83. The molecule has 0 radical (unpaired) electrons. The highest BCUT2D eigenvalue weighted by molar-refractivity contribution is 6.42. The van der Waals surface area contributed by atoms with Crippen molar-refractivity contribution in [3.05, 3.63) is 63.6 Å². The Kier molecular flexibility index (Phi) is 5.25. The van der Waals surface area contributed by atoms with E-state index < -0.39 is 12.0 Å². The lowest BCUT2D eigenvalue weighted by Gasteiger charge is -2.08. The van der Waals surface area contributed by atoms with Crippen molar-refractivity contribution >= 4 is 40.9 Å². The molecule has 0 saturated carbocycles. The third-order valence-corrected chi connectivity index (χ3v) is 3.57. The second-order valence-electron chi connectivity index (χ2n) is 4.44.